The molecule has 15 heteroatoms. The number of likely N-dealkylation sites (N-methyl/N-ethyl adjacent to an activating group) is 1. The van der Waals surface area contributed by atoms with E-state index in [4.69, 9.17) is 5.73 Å². The Labute approximate surface area is 261 Å². The quantitative estimate of drug-likeness (QED) is 0.202. The second-order valence-corrected chi connectivity index (χ2v) is 13.3. The summed E-state index contributed by atoms with van der Waals surface area (Å²) in [6.45, 7) is 1.25. The molecule has 1 saturated heterocycles. The Balaban J connectivity index is 1.43. The molecule has 1 aliphatic heterocycles. The number of aliphatic hydroxyl groups is 3. The molecule has 0 spiro atoms. The average Bonchev–Trinajstić information content (AvgIpc) is 3.53. The van der Waals surface area contributed by atoms with Crippen LogP contribution >= 0.6 is 0 Å². The van der Waals surface area contributed by atoms with Gasteiger partial charge in [0.25, 0.3) is 5.91 Å². The van der Waals surface area contributed by atoms with Gasteiger partial charge in [-0.15, -0.1) is 0 Å². The van der Waals surface area contributed by atoms with Crippen molar-refractivity contribution in [2.75, 3.05) is 39.0 Å². The van der Waals surface area contributed by atoms with Gasteiger partial charge in [0.15, 0.2) is 11.4 Å². The monoisotopic (exact) mass is 648 g/mol. The first kappa shape index (κ1) is 32.0. The van der Waals surface area contributed by atoms with Crippen molar-refractivity contribution in [3.05, 3.63) is 39.7 Å². The Morgan fingerprint density at radius 2 is 1.76 bits per heavy atom. The van der Waals surface area contributed by atoms with Gasteiger partial charge in [0.2, 0.25) is 11.7 Å². The lowest BCUT2D eigenvalue weighted by Crippen LogP contribution is -2.65. The Bertz CT molecular complexity index is 1620. The van der Waals surface area contributed by atoms with Crippen molar-refractivity contribution in [3.8, 4) is 5.75 Å². The van der Waals surface area contributed by atoms with E-state index < -0.39 is 110 Å². The first-order valence-electron chi connectivity index (χ1n) is 15.1. The van der Waals surface area contributed by atoms with E-state index >= 15 is 0 Å². The molecule has 0 radical (unpaired) electrons. The first-order valence-corrected chi connectivity index (χ1v) is 15.1. The van der Waals surface area contributed by atoms with Gasteiger partial charge < -0.3 is 31.5 Å². The van der Waals surface area contributed by atoms with Gasteiger partial charge in [0.1, 0.15) is 22.8 Å². The summed E-state index contributed by atoms with van der Waals surface area (Å²) in [6.07, 6.45) is -2.69. The zero-order valence-corrected chi connectivity index (χ0v) is 25.1. The molecular weight excluding hydrogens is 613 g/mol. The molecule has 4 aliphatic carbocycles. The Kier molecular flexibility index (Phi) is 7.52. The van der Waals surface area contributed by atoms with Crippen molar-refractivity contribution >= 4 is 34.8 Å². The number of ketones is 2. The topological polar surface area (TPSA) is 194 Å². The van der Waals surface area contributed by atoms with Crippen LogP contribution in [-0.4, -0.2) is 99.0 Å². The number of alkyl halides is 3. The minimum Gasteiger partial charge on any atom is -0.508 e. The highest BCUT2D eigenvalue weighted by atomic mass is 19.4. The predicted octanol–water partition coefficient (Wildman–Crippen LogP) is 1.65. The molecule has 0 bridgehead atoms. The number of nitrogens with one attached hydrogen (secondary N) is 1. The van der Waals surface area contributed by atoms with Crippen molar-refractivity contribution in [2.45, 2.75) is 49.9 Å². The summed E-state index contributed by atoms with van der Waals surface area (Å²) in [5.74, 6) is -9.41. The number of carbonyl (C=O) groups is 4. The molecule has 5 aliphatic rings. The number of likely N-dealkylation sites (tertiary alicyclic amines) is 1. The van der Waals surface area contributed by atoms with Gasteiger partial charge in [-0.1, -0.05) is 6.42 Å². The molecule has 2 saturated carbocycles. The number of anilines is 1. The van der Waals surface area contributed by atoms with E-state index in [0.29, 0.717) is 31.0 Å². The number of aromatic hydroxyl groups is 1. The second-order valence-electron chi connectivity index (χ2n) is 13.3. The van der Waals surface area contributed by atoms with E-state index in [1.54, 1.807) is 0 Å². The molecule has 7 N–H and O–H groups in total. The number of aliphatic hydroxyl groups excluding tert-OH is 2. The number of amides is 2. The van der Waals surface area contributed by atoms with Crippen molar-refractivity contribution in [2.24, 2.45) is 29.4 Å². The third kappa shape index (κ3) is 4.70. The summed E-state index contributed by atoms with van der Waals surface area (Å²) < 4.78 is 43.5. The summed E-state index contributed by atoms with van der Waals surface area (Å²) in [7, 11) is 2.83. The van der Waals surface area contributed by atoms with Crippen molar-refractivity contribution in [1.29, 1.82) is 0 Å². The Morgan fingerprint density at radius 3 is 2.33 bits per heavy atom. The Morgan fingerprint density at radius 1 is 1.13 bits per heavy atom. The lowest BCUT2D eigenvalue weighted by atomic mass is 9.57. The van der Waals surface area contributed by atoms with Crippen LogP contribution in [0.2, 0.25) is 0 Å². The fraction of sp³-hybridized carbons (Fsp3) is 0.548. The molecular formula is C31H35F3N4O8. The van der Waals surface area contributed by atoms with E-state index in [-0.39, 0.29) is 13.0 Å². The standard InChI is InChI=1S/C31H35F3N4O8/c1-37(2)23-17-7-14-6-15-16(31(32,33)34)8-18(36-19(39)11-38-9-12-4-3-5-13(12)10-38)24(40)21(15)25(41)20(14)27(43)30(17,46)28(44)22(26(23)42)29(35)45/h8,12-14,17,23,40-41,44,46H,3-7,9-11H2,1-2H3,(H2,35,45)(H,36,39)/t12?,13?,14-,17-,23-,30-/m0/s1. The number of Topliss-reactive ketones (excluding diaryl/α,β-unsaturated/α-hetero) is 2. The van der Waals surface area contributed by atoms with Gasteiger partial charge in [-0.3, -0.25) is 29.0 Å². The normalized spacial score (nSPS) is 31.2. The van der Waals surface area contributed by atoms with Gasteiger partial charge in [-0.2, -0.15) is 13.2 Å². The smallest absolute Gasteiger partial charge is 0.416 e. The number of fused-ring (bicyclic) bond motifs is 4. The van der Waals surface area contributed by atoms with Crippen LogP contribution in [0.25, 0.3) is 5.76 Å². The van der Waals surface area contributed by atoms with Crippen molar-refractivity contribution in [1.82, 2.24) is 9.80 Å². The van der Waals surface area contributed by atoms with Crippen LogP contribution in [0.3, 0.4) is 0 Å². The van der Waals surface area contributed by atoms with Gasteiger partial charge in [-0.25, -0.2) is 0 Å². The van der Waals surface area contributed by atoms with Gasteiger partial charge in [-0.05, 0) is 69.2 Å². The molecule has 6 atom stereocenters. The number of phenolic OH excluding ortho intramolecular Hbond substituents is 1. The van der Waals surface area contributed by atoms with Crippen LogP contribution < -0.4 is 11.1 Å². The van der Waals surface area contributed by atoms with Crippen LogP contribution in [0.5, 0.6) is 5.75 Å². The highest BCUT2D eigenvalue weighted by Gasteiger charge is 2.64. The van der Waals surface area contributed by atoms with Crippen LogP contribution in [0.1, 0.15) is 42.4 Å². The summed E-state index contributed by atoms with van der Waals surface area (Å²) in [4.78, 5) is 55.5. The summed E-state index contributed by atoms with van der Waals surface area (Å²) in [6, 6.07) is -0.787. The predicted molar refractivity (Wildman–Crippen MR) is 155 cm³/mol. The maximum absolute atomic E-state index is 14.5. The first-order chi connectivity index (χ1) is 21.5. The number of carbonyl (C=O) groups excluding carboxylic acids is 4. The number of hydrogen-bond acceptors (Lipinski definition) is 10. The van der Waals surface area contributed by atoms with E-state index in [0.717, 1.165) is 19.3 Å². The lowest BCUT2D eigenvalue weighted by molar-refractivity contribution is -0.153. The van der Waals surface area contributed by atoms with E-state index in [1.807, 2.05) is 4.90 Å². The van der Waals surface area contributed by atoms with Gasteiger partial charge in [0, 0.05) is 24.6 Å². The third-order valence-electron chi connectivity index (χ3n) is 10.5. The summed E-state index contributed by atoms with van der Waals surface area (Å²) in [5.41, 5.74) is -2.41. The minimum absolute atomic E-state index is 0.119. The molecule has 12 nitrogen and oxygen atoms in total. The summed E-state index contributed by atoms with van der Waals surface area (Å²) >= 11 is 0. The summed E-state index contributed by atoms with van der Waals surface area (Å²) in [5, 5.41) is 47.6. The maximum atomic E-state index is 14.5. The number of hydrogen-bond donors (Lipinski definition) is 6. The molecule has 1 aromatic rings. The fourth-order valence-electron chi connectivity index (χ4n) is 8.51. The molecule has 6 rings (SSSR count). The molecule has 0 aromatic heterocycles. The average molecular weight is 649 g/mol. The highest BCUT2D eigenvalue weighted by molar-refractivity contribution is 6.24. The lowest BCUT2D eigenvalue weighted by Gasteiger charge is -2.50. The second kappa shape index (κ2) is 10.8. The SMILES string of the molecule is CN(C)[C@@H]1C(=O)C(C(N)=O)=C(O)[C@@]2(O)C(=O)C3=C(O)c4c(O)c(NC(=O)CN5CC6CCCC6C5)cc(C(F)(F)F)c4C[C@H]3C[C@@H]12. The maximum Gasteiger partial charge on any atom is 0.416 e. The van der Waals surface area contributed by atoms with E-state index in [9.17, 15) is 52.8 Å². The van der Waals surface area contributed by atoms with Gasteiger partial charge in [0.05, 0.1) is 29.4 Å². The number of halogens is 3. The number of nitrogens with zero attached hydrogens (tertiary/aromatic N) is 2. The zero-order valence-electron chi connectivity index (χ0n) is 25.1. The number of primary amides is 1. The van der Waals surface area contributed by atoms with Crippen molar-refractivity contribution < 1.29 is 52.8 Å². The molecule has 2 amide bonds. The molecule has 46 heavy (non-hydrogen) atoms. The van der Waals surface area contributed by atoms with Crippen LogP contribution in [-0.2, 0) is 31.8 Å². The third-order valence-corrected chi connectivity index (χ3v) is 10.5. The number of benzene rings is 1. The van der Waals surface area contributed by atoms with E-state index in [2.05, 4.69) is 5.32 Å². The largest absolute Gasteiger partial charge is 0.508 e. The molecule has 248 valence electrons. The van der Waals surface area contributed by atoms with Crippen LogP contribution in [0.4, 0.5) is 18.9 Å². The Hall–Kier alpha value is -3.95. The van der Waals surface area contributed by atoms with Crippen molar-refractivity contribution in [3.63, 3.8) is 0 Å². The van der Waals surface area contributed by atoms with E-state index in [1.165, 1.54) is 19.0 Å². The van der Waals surface area contributed by atoms with Crippen LogP contribution in [0, 0.1) is 23.7 Å². The number of nitrogens with two attached hydrogens (primary N) is 1. The zero-order chi connectivity index (χ0) is 33.6. The fourth-order valence-corrected chi connectivity index (χ4v) is 8.51. The number of rotatable bonds is 5. The number of phenols is 1. The van der Waals surface area contributed by atoms with Crippen LogP contribution in [0.15, 0.2) is 23.0 Å². The van der Waals surface area contributed by atoms with Gasteiger partial charge >= 0.3 is 6.18 Å². The highest BCUT2D eigenvalue weighted by Crippen LogP contribution is 2.55. The molecule has 3 fully saturated rings. The molecule has 1 aromatic carbocycles. The minimum atomic E-state index is -5.01. The molecule has 1 heterocycles. The molecule has 2 unspecified atom stereocenters.